The number of fused-ring (bicyclic) bond motifs is 1. The van der Waals surface area contributed by atoms with Crippen LogP contribution in [0.2, 0.25) is 0 Å². The van der Waals surface area contributed by atoms with Crippen molar-refractivity contribution in [1.29, 1.82) is 0 Å². The minimum Gasteiger partial charge on any atom is -0.475 e. The molecule has 2 N–H and O–H groups in total. The van der Waals surface area contributed by atoms with Crippen molar-refractivity contribution in [3.8, 4) is 5.88 Å². The third-order valence-electron chi connectivity index (χ3n) is 3.78. The van der Waals surface area contributed by atoms with Crippen LogP contribution in [0.15, 0.2) is 29.3 Å². The molecule has 150 valence electrons. The van der Waals surface area contributed by atoms with Gasteiger partial charge in [-0.2, -0.15) is 23.3 Å². The number of nitrogens with one attached hydrogen (secondary N) is 2. The number of aromatic nitrogens is 5. The Morgan fingerprint density at radius 2 is 2.04 bits per heavy atom. The van der Waals surface area contributed by atoms with E-state index in [0.717, 1.165) is 6.07 Å². The summed E-state index contributed by atoms with van der Waals surface area (Å²) in [5, 5.41) is 7.38. The zero-order valence-electron chi connectivity index (χ0n) is 15.5. The Morgan fingerprint density at radius 3 is 2.71 bits per heavy atom. The monoisotopic (exact) mass is 396 g/mol. The number of alkyl halides is 3. The van der Waals surface area contributed by atoms with Gasteiger partial charge in [0.05, 0.1) is 18.3 Å². The second-order valence-corrected chi connectivity index (χ2v) is 7.01. The molecule has 0 aliphatic carbocycles. The highest BCUT2D eigenvalue weighted by Gasteiger charge is 2.35. The number of pyridine rings is 1. The molecule has 0 saturated carbocycles. The first-order valence-electron chi connectivity index (χ1n) is 8.45. The number of hydrogen-bond acceptors (Lipinski definition) is 6. The largest absolute Gasteiger partial charge is 0.475 e. The molecule has 0 bridgehead atoms. The van der Waals surface area contributed by atoms with E-state index in [1.807, 2.05) is 20.8 Å². The number of halogens is 3. The van der Waals surface area contributed by atoms with Gasteiger partial charge in [0.2, 0.25) is 11.8 Å². The highest BCUT2D eigenvalue weighted by atomic mass is 19.4. The van der Waals surface area contributed by atoms with Crippen LogP contribution in [0.3, 0.4) is 0 Å². The second kappa shape index (κ2) is 7.13. The van der Waals surface area contributed by atoms with Gasteiger partial charge in [0.25, 0.3) is 5.56 Å². The average Bonchev–Trinajstić information content (AvgIpc) is 3.03. The summed E-state index contributed by atoms with van der Waals surface area (Å²) in [4.78, 5) is 22.7. The van der Waals surface area contributed by atoms with Gasteiger partial charge in [0.15, 0.2) is 5.65 Å². The molecular formula is C17H19F3N6O2. The lowest BCUT2D eigenvalue weighted by atomic mass is 10.1. The summed E-state index contributed by atoms with van der Waals surface area (Å²) in [7, 11) is 0. The van der Waals surface area contributed by atoms with E-state index in [9.17, 15) is 18.0 Å². The predicted molar refractivity (Wildman–Crippen MR) is 96.4 cm³/mol. The zero-order valence-corrected chi connectivity index (χ0v) is 15.5. The van der Waals surface area contributed by atoms with Gasteiger partial charge in [-0.25, -0.2) is 9.67 Å². The molecule has 0 fully saturated rings. The van der Waals surface area contributed by atoms with E-state index in [0.29, 0.717) is 11.0 Å². The summed E-state index contributed by atoms with van der Waals surface area (Å²) >= 11 is 0. The first-order valence-corrected chi connectivity index (χ1v) is 8.45. The maximum atomic E-state index is 12.9. The van der Waals surface area contributed by atoms with Crippen LogP contribution in [0.25, 0.3) is 11.0 Å². The van der Waals surface area contributed by atoms with Crippen LogP contribution >= 0.6 is 0 Å². The van der Waals surface area contributed by atoms with E-state index in [4.69, 9.17) is 4.74 Å². The molecule has 0 aliphatic rings. The molecule has 3 aromatic heterocycles. The quantitative estimate of drug-likeness (QED) is 0.644. The fourth-order valence-corrected chi connectivity index (χ4v) is 2.53. The van der Waals surface area contributed by atoms with Crippen molar-refractivity contribution in [2.45, 2.75) is 32.5 Å². The van der Waals surface area contributed by atoms with Gasteiger partial charge in [0.1, 0.15) is 17.6 Å². The van der Waals surface area contributed by atoms with Crippen molar-refractivity contribution in [2.24, 2.45) is 0 Å². The average molecular weight is 396 g/mol. The highest BCUT2D eigenvalue weighted by Crippen LogP contribution is 2.34. The van der Waals surface area contributed by atoms with Crippen molar-refractivity contribution in [3.05, 3.63) is 40.4 Å². The molecule has 11 heteroatoms. The van der Waals surface area contributed by atoms with Gasteiger partial charge in [0, 0.05) is 6.20 Å². The smallest absolute Gasteiger partial charge is 0.421 e. The van der Waals surface area contributed by atoms with Gasteiger partial charge in [-0.3, -0.25) is 9.78 Å². The Kier molecular flexibility index (Phi) is 5.01. The molecule has 0 saturated heterocycles. The van der Waals surface area contributed by atoms with Crippen LogP contribution in [-0.4, -0.2) is 37.9 Å². The van der Waals surface area contributed by atoms with Gasteiger partial charge in [-0.15, -0.1) is 0 Å². The Labute approximate surface area is 157 Å². The number of aromatic amines is 1. The van der Waals surface area contributed by atoms with E-state index in [2.05, 4.69) is 25.4 Å². The van der Waals surface area contributed by atoms with Crippen LogP contribution in [0.1, 0.15) is 26.3 Å². The van der Waals surface area contributed by atoms with Crippen LogP contribution in [0, 0.1) is 0 Å². The fourth-order valence-electron chi connectivity index (χ4n) is 2.53. The molecule has 0 aliphatic heterocycles. The number of H-pyrrole nitrogens is 1. The van der Waals surface area contributed by atoms with E-state index in [1.54, 1.807) is 4.68 Å². The topological polar surface area (TPSA) is 97.7 Å². The minimum absolute atomic E-state index is 0.103. The van der Waals surface area contributed by atoms with Crippen LogP contribution < -0.4 is 15.6 Å². The number of rotatable bonds is 5. The third-order valence-corrected chi connectivity index (χ3v) is 3.78. The summed E-state index contributed by atoms with van der Waals surface area (Å²) in [6.07, 6.45) is -1.89. The minimum atomic E-state index is -4.56. The van der Waals surface area contributed by atoms with E-state index in [1.165, 1.54) is 18.5 Å². The molecule has 0 radical (unpaired) electrons. The van der Waals surface area contributed by atoms with Crippen molar-refractivity contribution in [1.82, 2.24) is 24.7 Å². The molecule has 3 heterocycles. The lowest BCUT2D eigenvalue weighted by molar-refractivity contribution is -0.139. The van der Waals surface area contributed by atoms with E-state index < -0.39 is 17.6 Å². The summed E-state index contributed by atoms with van der Waals surface area (Å²) in [6, 6.07) is 2.09. The fraction of sp³-hybridized carbons (Fsp3) is 0.412. The number of anilines is 1. The van der Waals surface area contributed by atoms with Crippen molar-refractivity contribution >= 4 is 17.0 Å². The highest BCUT2D eigenvalue weighted by molar-refractivity contribution is 5.74. The molecule has 0 amide bonds. The van der Waals surface area contributed by atoms with Crippen LogP contribution in [0.5, 0.6) is 5.88 Å². The molecule has 28 heavy (non-hydrogen) atoms. The Bertz CT molecular complexity index is 1040. The zero-order chi connectivity index (χ0) is 20.5. The van der Waals surface area contributed by atoms with Crippen LogP contribution in [0.4, 0.5) is 19.1 Å². The lowest BCUT2D eigenvalue weighted by Crippen LogP contribution is -2.24. The van der Waals surface area contributed by atoms with E-state index >= 15 is 0 Å². The maximum absolute atomic E-state index is 12.9. The maximum Gasteiger partial charge on any atom is 0.421 e. The second-order valence-electron chi connectivity index (χ2n) is 7.01. The first kappa shape index (κ1) is 19.6. The normalized spacial score (nSPS) is 12.4. The standard InChI is InChI=1S/C17H19F3N6O2/c1-16(2,3)26-12-10(9-23-26)13(27)25-15(24-12)22-7-8-28-14-11(17(18,19)20)5-4-6-21-14/h4-6,9H,7-8H2,1-3H3,(H2,22,24,25,27). The summed E-state index contributed by atoms with van der Waals surface area (Å²) in [5.41, 5.74) is -1.29. The Balaban J connectivity index is 1.71. The lowest BCUT2D eigenvalue weighted by Gasteiger charge is -2.19. The summed E-state index contributed by atoms with van der Waals surface area (Å²) in [5.74, 6) is -0.330. The Morgan fingerprint density at radius 1 is 1.29 bits per heavy atom. The molecule has 3 rings (SSSR count). The molecule has 0 spiro atoms. The number of hydrogen-bond donors (Lipinski definition) is 2. The van der Waals surface area contributed by atoms with Crippen molar-refractivity contribution in [2.75, 3.05) is 18.5 Å². The van der Waals surface area contributed by atoms with Gasteiger partial charge >= 0.3 is 6.18 Å². The molecule has 0 aromatic carbocycles. The van der Waals surface area contributed by atoms with Crippen LogP contribution in [-0.2, 0) is 11.7 Å². The van der Waals surface area contributed by atoms with Gasteiger partial charge < -0.3 is 10.1 Å². The summed E-state index contributed by atoms with van der Waals surface area (Å²) < 4.78 is 45.5. The van der Waals surface area contributed by atoms with Gasteiger partial charge in [-0.1, -0.05) is 0 Å². The van der Waals surface area contributed by atoms with Gasteiger partial charge in [-0.05, 0) is 32.9 Å². The number of nitrogens with zero attached hydrogens (tertiary/aromatic N) is 4. The first-order chi connectivity index (χ1) is 13.1. The number of ether oxygens (including phenoxy) is 1. The summed E-state index contributed by atoms with van der Waals surface area (Å²) in [6.45, 7) is 5.77. The molecule has 8 nitrogen and oxygen atoms in total. The molecule has 0 atom stereocenters. The molecule has 0 unspecified atom stereocenters. The SMILES string of the molecule is CC(C)(C)n1ncc2c(=O)[nH]c(NCCOc3ncccc3C(F)(F)F)nc21. The Hall–Kier alpha value is -3.11. The predicted octanol–water partition coefficient (Wildman–Crippen LogP) is 2.78. The van der Waals surface area contributed by atoms with E-state index in [-0.39, 0.29) is 30.2 Å². The molecular weight excluding hydrogens is 377 g/mol. The van der Waals surface area contributed by atoms with Crippen molar-refractivity contribution in [3.63, 3.8) is 0 Å². The van der Waals surface area contributed by atoms with Crippen molar-refractivity contribution < 1.29 is 17.9 Å². The molecule has 3 aromatic rings. The third kappa shape index (κ3) is 4.07.